The van der Waals surface area contributed by atoms with Gasteiger partial charge in [0.15, 0.2) is 0 Å². The molecule has 7 rings (SSSR count). The molecule has 1 amide bonds. The third kappa shape index (κ3) is 5.33. The van der Waals surface area contributed by atoms with Gasteiger partial charge in [0.2, 0.25) is 5.91 Å². The first-order valence-corrected chi connectivity index (χ1v) is 21.2. The van der Waals surface area contributed by atoms with Gasteiger partial charge in [-0.3, -0.25) is 13.9 Å². The van der Waals surface area contributed by atoms with Crippen molar-refractivity contribution in [1.29, 1.82) is 0 Å². The predicted octanol–water partition coefficient (Wildman–Crippen LogP) is 10.2. The smallest absolute Gasteiger partial charge is 0.335 e. The zero-order chi connectivity index (χ0) is 36.1. The van der Waals surface area contributed by atoms with E-state index in [2.05, 4.69) is 60.3 Å². The Labute approximate surface area is 302 Å². The number of hydrogen-bond donors (Lipinski definition) is 3. The molecule has 0 aromatic heterocycles. The number of carbonyl (C=O) groups is 2. The molecule has 0 bridgehead atoms. The minimum atomic E-state index is -2.54. The van der Waals surface area contributed by atoms with Crippen LogP contribution in [0.2, 0.25) is 0 Å². The van der Waals surface area contributed by atoms with Crippen LogP contribution in [0.1, 0.15) is 115 Å². The zero-order valence-electron chi connectivity index (χ0n) is 31.3. The summed E-state index contributed by atoms with van der Waals surface area (Å²) < 4.78 is 20.2. The van der Waals surface area contributed by atoms with Crippen LogP contribution in [-0.4, -0.2) is 55.6 Å². The molecule has 0 unspecified atom stereocenters. The van der Waals surface area contributed by atoms with Gasteiger partial charge in [-0.15, -0.1) is 0 Å². The quantitative estimate of drug-likeness (QED) is 0.210. The van der Waals surface area contributed by atoms with E-state index >= 15 is 0 Å². The highest BCUT2D eigenvalue weighted by Crippen LogP contribution is 2.78. The summed E-state index contributed by atoms with van der Waals surface area (Å²) in [4.78, 5) is 26.8. The van der Waals surface area contributed by atoms with Gasteiger partial charge in [0, 0.05) is 13.1 Å². The Kier molecular flexibility index (Phi) is 8.72. The van der Waals surface area contributed by atoms with E-state index in [9.17, 15) is 23.8 Å². The second-order valence-electron chi connectivity index (χ2n) is 18.7. The van der Waals surface area contributed by atoms with Gasteiger partial charge >= 0.3 is 5.97 Å². The SMILES string of the molecule is C=C(C)[C@@H]1CC[C@]2(/C=C/C(=O)N3CCS(O)(O)CC3)CC[C@]3(C)[C@H](CC[C@@H]4[C@@]5(C)CC=C(c6ccc(C(=O)O)cc6)C(C)(C)[C@@H]5CC[C@]43C)[C@@H]12. The Morgan fingerprint density at radius 2 is 1.56 bits per heavy atom. The van der Waals surface area contributed by atoms with Gasteiger partial charge in [0.05, 0.1) is 17.1 Å². The Morgan fingerprint density at radius 1 is 0.880 bits per heavy atom. The van der Waals surface area contributed by atoms with Crippen molar-refractivity contribution in [3.8, 4) is 0 Å². The summed E-state index contributed by atoms with van der Waals surface area (Å²) in [5, 5.41) is 9.48. The van der Waals surface area contributed by atoms with Crippen molar-refractivity contribution in [1.82, 2.24) is 4.90 Å². The van der Waals surface area contributed by atoms with Crippen LogP contribution in [-0.2, 0) is 4.79 Å². The van der Waals surface area contributed by atoms with Crippen LogP contribution >= 0.6 is 10.6 Å². The summed E-state index contributed by atoms with van der Waals surface area (Å²) in [6.45, 7) is 20.4. The van der Waals surface area contributed by atoms with Crippen molar-refractivity contribution in [3.05, 3.63) is 65.8 Å². The molecule has 0 spiro atoms. The third-order valence-corrected chi connectivity index (χ3v) is 18.1. The predicted molar refractivity (Wildman–Crippen MR) is 204 cm³/mol. The van der Waals surface area contributed by atoms with Crippen molar-refractivity contribution in [2.45, 2.75) is 99.3 Å². The molecule has 1 aliphatic heterocycles. The number of aromatic carboxylic acids is 1. The molecule has 1 aromatic rings. The Morgan fingerprint density at radius 3 is 2.20 bits per heavy atom. The normalized spacial score (nSPS) is 42.4. The van der Waals surface area contributed by atoms with Gasteiger partial charge in [-0.25, -0.2) is 4.79 Å². The minimum Gasteiger partial charge on any atom is -0.478 e. The van der Waals surface area contributed by atoms with Gasteiger partial charge in [0.25, 0.3) is 0 Å². The number of rotatable bonds is 5. The lowest BCUT2D eigenvalue weighted by Gasteiger charge is -2.72. The van der Waals surface area contributed by atoms with Gasteiger partial charge < -0.3 is 10.0 Å². The molecular formula is C43H61NO5S. The molecule has 6 aliphatic rings. The topological polar surface area (TPSA) is 98.1 Å². The van der Waals surface area contributed by atoms with Gasteiger partial charge in [-0.2, -0.15) is 10.6 Å². The summed E-state index contributed by atoms with van der Waals surface area (Å²) in [5.74, 6) is 2.43. The second-order valence-corrected chi connectivity index (χ2v) is 21.1. The second kappa shape index (κ2) is 12.1. The van der Waals surface area contributed by atoms with Crippen LogP contribution in [0.15, 0.2) is 54.6 Å². The lowest BCUT2D eigenvalue weighted by Crippen LogP contribution is -2.65. The number of amides is 1. The van der Waals surface area contributed by atoms with E-state index < -0.39 is 16.6 Å². The van der Waals surface area contributed by atoms with Crippen molar-refractivity contribution in [2.24, 2.45) is 56.7 Å². The Hall–Kier alpha value is -2.35. The van der Waals surface area contributed by atoms with E-state index in [4.69, 9.17) is 0 Å². The van der Waals surface area contributed by atoms with Crippen molar-refractivity contribution in [2.75, 3.05) is 24.6 Å². The third-order valence-electron chi connectivity index (χ3n) is 16.4. The fraction of sp³-hybridized carbons (Fsp3) is 0.674. The first-order chi connectivity index (χ1) is 23.4. The molecule has 3 N–H and O–H groups in total. The van der Waals surface area contributed by atoms with Crippen LogP contribution in [0.3, 0.4) is 0 Å². The molecule has 6 nitrogen and oxygen atoms in total. The molecular weight excluding hydrogens is 643 g/mol. The Balaban J connectivity index is 1.18. The van der Waals surface area contributed by atoms with Gasteiger partial charge in [0.1, 0.15) is 0 Å². The average molecular weight is 704 g/mol. The highest BCUT2D eigenvalue weighted by molar-refractivity contribution is 8.24. The van der Waals surface area contributed by atoms with Crippen molar-refractivity contribution in [3.63, 3.8) is 0 Å². The number of hydrogen-bond acceptors (Lipinski definition) is 4. The maximum Gasteiger partial charge on any atom is 0.335 e. The van der Waals surface area contributed by atoms with Gasteiger partial charge in [-0.1, -0.05) is 71.1 Å². The largest absolute Gasteiger partial charge is 0.478 e. The number of fused-ring (bicyclic) bond motifs is 7. The number of carbonyl (C=O) groups excluding carboxylic acids is 1. The maximum atomic E-state index is 13.5. The van der Waals surface area contributed by atoms with Crippen LogP contribution < -0.4 is 0 Å². The van der Waals surface area contributed by atoms with Crippen molar-refractivity contribution < 1.29 is 23.8 Å². The van der Waals surface area contributed by atoms with E-state index in [1.54, 1.807) is 17.0 Å². The summed E-state index contributed by atoms with van der Waals surface area (Å²) in [6, 6.07) is 7.53. The number of allylic oxidation sites excluding steroid dienone is 4. The average Bonchev–Trinajstić information content (AvgIpc) is 3.44. The fourth-order valence-corrected chi connectivity index (χ4v) is 14.9. The number of benzene rings is 1. The number of carboxylic acids is 1. The molecule has 1 aromatic carbocycles. The molecule has 274 valence electrons. The summed E-state index contributed by atoms with van der Waals surface area (Å²) >= 11 is 0. The molecule has 0 radical (unpaired) electrons. The Bertz CT molecular complexity index is 1620. The number of carboxylic acid groups (broad SMARTS) is 1. The van der Waals surface area contributed by atoms with E-state index in [1.807, 2.05) is 18.2 Å². The lowest BCUT2D eigenvalue weighted by molar-refractivity contribution is -0.221. The summed E-state index contributed by atoms with van der Waals surface area (Å²) in [7, 11) is -2.54. The van der Waals surface area contributed by atoms with E-state index in [0.29, 0.717) is 48.2 Å². The fourth-order valence-electron chi connectivity index (χ4n) is 13.7. The first kappa shape index (κ1) is 36.0. The maximum absolute atomic E-state index is 13.5. The summed E-state index contributed by atoms with van der Waals surface area (Å²) in [5.41, 5.74) is 4.77. The molecule has 4 saturated carbocycles. The van der Waals surface area contributed by atoms with Gasteiger partial charge in [-0.05, 0) is 151 Å². The molecule has 5 aliphatic carbocycles. The van der Waals surface area contributed by atoms with Crippen LogP contribution in [0.25, 0.3) is 5.57 Å². The summed E-state index contributed by atoms with van der Waals surface area (Å²) in [6.07, 6.45) is 17.2. The van der Waals surface area contributed by atoms with Crippen LogP contribution in [0.4, 0.5) is 0 Å². The molecule has 7 heteroatoms. The lowest BCUT2D eigenvalue weighted by atomic mass is 9.32. The monoisotopic (exact) mass is 703 g/mol. The standard InChI is InChI=1S/C43H61NO5S/c1-28(2)31-14-20-43(21-17-36(45)44-24-26-50(48,49)27-25-44)23-22-41(6)33(37(31)43)12-13-35-40(5)18-15-32(29-8-10-30(11-9-29)38(46)47)39(3,4)34(40)16-19-42(35,41)7/h8-11,15,17,21,31,33-35,37,48-49H,1,12-14,16,18-20,22-27H2,2-7H3,(H,46,47)/b21-17+/t31-,33+,34-,35+,37+,40-,41+,42+,43-/m0/s1. The molecule has 1 saturated heterocycles. The van der Waals surface area contributed by atoms with Crippen molar-refractivity contribution >= 4 is 28.0 Å². The molecule has 5 fully saturated rings. The highest BCUT2D eigenvalue weighted by Gasteiger charge is 2.70. The molecule has 1 heterocycles. The zero-order valence-corrected chi connectivity index (χ0v) is 32.2. The molecule has 50 heavy (non-hydrogen) atoms. The molecule has 9 atom stereocenters. The van der Waals surface area contributed by atoms with E-state index in [-0.39, 0.29) is 44.5 Å². The van der Waals surface area contributed by atoms with Crippen LogP contribution in [0.5, 0.6) is 0 Å². The van der Waals surface area contributed by atoms with E-state index in [0.717, 1.165) is 31.2 Å². The number of nitrogens with zero attached hydrogens (tertiary/aromatic N) is 1. The van der Waals surface area contributed by atoms with Crippen LogP contribution in [0, 0.1) is 56.7 Å². The minimum absolute atomic E-state index is 0.00711. The highest BCUT2D eigenvalue weighted by atomic mass is 32.3. The first-order valence-electron chi connectivity index (χ1n) is 19.3. The van der Waals surface area contributed by atoms with E-state index in [1.165, 1.54) is 43.3 Å².